The Morgan fingerprint density at radius 3 is 2.28 bits per heavy atom. The number of carbonyl (C=O) groups excluding carboxylic acids is 2. The number of Topliss-reactive ketones (excluding diaryl/α,β-unsaturated/α-hetero) is 1. The standard InChI is InChI=1S/C19H25N3O2S/c1-12(2)11-14-5-7-15(8-6-14)16(23)9-10-17(24)20-19-22-21-18(25-19)13(3)4/h5-8,12-13H,9-11H2,1-4H3,(H,20,22,24). The van der Waals surface area contributed by atoms with E-state index >= 15 is 0 Å². The first-order valence-electron chi connectivity index (χ1n) is 8.60. The fraction of sp³-hybridized carbons (Fsp3) is 0.474. The summed E-state index contributed by atoms with van der Waals surface area (Å²) in [5, 5.41) is 12.1. The molecule has 1 aromatic heterocycles. The van der Waals surface area contributed by atoms with Gasteiger partial charge in [-0.1, -0.05) is 63.3 Å². The molecule has 0 fully saturated rings. The molecule has 0 aliphatic rings. The van der Waals surface area contributed by atoms with E-state index < -0.39 is 0 Å². The zero-order valence-corrected chi connectivity index (χ0v) is 16.0. The van der Waals surface area contributed by atoms with Crippen LogP contribution in [-0.4, -0.2) is 21.9 Å². The average molecular weight is 359 g/mol. The third kappa shape index (κ3) is 6.05. The minimum atomic E-state index is -0.212. The van der Waals surface area contributed by atoms with Gasteiger partial charge in [-0.3, -0.25) is 9.59 Å². The van der Waals surface area contributed by atoms with Gasteiger partial charge < -0.3 is 5.32 Å². The summed E-state index contributed by atoms with van der Waals surface area (Å²) in [4.78, 5) is 24.2. The fourth-order valence-corrected chi connectivity index (χ4v) is 3.13. The van der Waals surface area contributed by atoms with E-state index in [4.69, 9.17) is 0 Å². The van der Waals surface area contributed by atoms with Gasteiger partial charge in [0.15, 0.2) is 5.78 Å². The number of nitrogens with zero attached hydrogens (tertiary/aromatic N) is 2. The van der Waals surface area contributed by atoms with Crippen molar-refractivity contribution in [3.8, 4) is 0 Å². The third-order valence-electron chi connectivity index (χ3n) is 3.68. The maximum atomic E-state index is 12.2. The van der Waals surface area contributed by atoms with Crippen molar-refractivity contribution in [2.75, 3.05) is 5.32 Å². The molecule has 0 aliphatic carbocycles. The molecule has 5 nitrogen and oxygen atoms in total. The second-order valence-electron chi connectivity index (χ2n) is 6.87. The van der Waals surface area contributed by atoms with Crippen LogP contribution in [0.4, 0.5) is 5.13 Å². The van der Waals surface area contributed by atoms with E-state index in [-0.39, 0.29) is 30.4 Å². The van der Waals surface area contributed by atoms with Gasteiger partial charge in [0.25, 0.3) is 0 Å². The number of amides is 1. The molecule has 0 unspecified atom stereocenters. The number of hydrogen-bond acceptors (Lipinski definition) is 5. The van der Waals surface area contributed by atoms with Gasteiger partial charge in [-0.05, 0) is 17.9 Å². The Bertz CT molecular complexity index is 721. The smallest absolute Gasteiger partial charge is 0.226 e. The topological polar surface area (TPSA) is 72.0 Å². The summed E-state index contributed by atoms with van der Waals surface area (Å²) in [6.45, 7) is 8.38. The number of anilines is 1. The molecule has 1 aromatic carbocycles. The maximum Gasteiger partial charge on any atom is 0.226 e. The molecule has 0 radical (unpaired) electrons. The molecule has 0 spiro atoms. The van der Waals surface area contributed by atoms with Crippen LogP contribution in [0.25, 0.3) is 0 Å². The van der Waals surface area contributed by atoms with E-state index in [0.717, 1.165) is 11.4 Å². The molecular weight excluding hydrogens is 334 g/mol. The molecule has 6 heteroatoms. The SMILES string of the molecule is CC(C)Cc1ccc(C(=O)CCC(=O)Nc2nnc(C(C)C)s2)cc1. The zero-order chi connectivity index (χ0) is 18.4. The van der Waals surface area contributed by atoms with Crippen LogP contribution in [0.5, 0.6) is 0 Å². The maximum absolute atomic E-state index is 12.2. The fourth-order valence-electron chi connectivity index (χ4n) is 2.37. The van der Waals surface area contributed by atoms with Crippen molar-refractivity contribution in [3.63, 3.8) is 0 Å². The number of nitrogens with one attached hydrogen (secondary N) is 1. The Morgan fingerprint density at radius 2 is 1.72 bits per heavy atom. The highest BCUT2D eigenvalue weighted by atomic mass is 32.1. The van der Waals surface area contributed by atoms with Gasteiger partial charge in [0, 0.05) is 24.3 Å². The summed E-state index contributed by atoms with van der Waals surface area (Å²) >= 11 is 1.37. The summed E-state index contributed by atoms with van der Waals surface area (Å²) in [6, 6.07) is 7.67. The van der Waals surface area contributed by atoms with E-state index in [1.54, 1.807) is 0 Å². The third-order valence-corrected chi connectivity index (χ3v) is 4.82. The Labute approximate surface area is 152 Å². The summed E-state index contributed by atoms with van der Waals surface area (Å²) in [5.74, 6) is 0.632. The zero-order valence-electron chi connectivity index (χ0n) is 15.2. The largest absolute Gasteiger partial charge is 0.301 e. The van der Waals surface area contributed by atoms with E-state index in [2.05, 4.69) is 29.4 Å². The van der Waals surface area contributed by atoms with Gasteiger partial charge in [-0.15, -0.1) is 10.2 Å². The normalized spacial score (nSPS) is 11.1. The number of carbonyl (C=O) groups is 2. The van der Waals surface area contributed by atoms with Crippen molar-refractivity contribution in [2.24, 2.45) is 5.92 Å². The van der Waals surface area contributed by atoms with E-state index in [0.29, 0.717) is 16.6 Å². The Kier molecular flexibility index (Phi) is 6.82. The van der Waals surface area contributed by atoms with Crippen LogP contribution in [0.15, 0.2) is 24.3 Å². The van der Waals surface area contributed by atoms with Crippen LogP contribution >= 0.6 is 11.3 Å². The number of aromatic nitrogens is 2. The summed E-state index contributed by atoms with van der Waals surface area (Å²) < 4.78 is 0. The highest BCUT2D eigenvalue weighted by Crippen LogP contribution is 2.22. The lowest BCUT2D eigenvalue weighted by Gasteiger charge is -2.06. The van der Waals surface area contributed by atoms with Crippen LogP contribution in [0.3, 0.4) is 0 Å². The molecule has 0 atom stereocenters. The average Bonchev–Trinajstić information content (AvgIpc) is 3.01. The Morgan fingerprint density at radius 1 is 1.04 bits per heavy atom. The molecule has 1 N–H and O–H groups in total. The second kappa shape index (κ2) is 8.85. The summed E-state index contributed by atoms with van der Waals surface area (Å²) in [5.41, 5.74) is 1.87. The van der Waals surface area contributed by atoms with Crippen molar-refractivity contribution in [2.45, 2.75) is 52.9 Å². The van der Waals surface area contributed by atoms with E-state index in [9.17, 15) is 9.59 Å². The first-order chi connectivity index (χ1) is 11.8. The minimum Gasteiger partial charge on any atom is -0.301 e. The molecule has 1 heterocycles. The van der Waals surface area contributed by atoms with E-state index in [1.807, 2.05) is 38.1 Å². The molecule has 0 saturated carbocycles. The van der Waals surface area contributed by atoms with Crippen LogP contribution in [0, 0.1) is 5.92 Å². The molecule has 25 heavy (non-hydrogen) atoms. The van der Waals surface area contributed by atoms with Gasteiger partial charge in [0.1, 0.15) is 5.01 Å². The number of hydrogen-bond donors (Lipinski definition) is 1. The molecule has 0 aliphatic heterocycles. The van der Waals surface area contributed by atoms with Crippen LogP contribution in [-0.2, 0) is 11.2 Å². The number of benzene rings is 1. The van der Waals surface area contributed by atoms with Crippen molar-refractivity contribution in [1.29, 1.82) is 0 Å². The predicted octanol–water partition coefficient (Wildman–Crippen LogP) is 4.46. The first-order valence-corrected chi connectivity index (χ1v) is 9.42. The van der Waals surface area contributed by atoms with Crippen molar-refractivity contribution < 1.29 is 9.59 Å². The van der Waals surface area contributed by atoms with Crippen molar-refractivity contribution in [1.82, 2.24) is 10.2 Å². The molecule has 0 bridgehead atoms. The first kappa shape index (κ1) is 19.2. The minimum absolute atomic E-state index is 0.0219. The van der Waals surface area contributed by atoms with Gasteiger partial charge >= 0.3 is 0 Å². The van der Waals surface area contributed by atoms with Crippen LogP contribution in [0.2, 0.25) is 0 Å². The molecule has 0 saturated heterocycles. The lowest BCUT2D eigenvalue weighted by atomic mass is 9.99. The van der Waals surface area contributed by atoms with Gasteiger partial charge in [0.2, 0.25) is 11.0 Å². The van der Waals surface area contributed by atoms with Crippen LogP contribution < -0.4 is 5.32 Å². The Hall–Kier alpha value is -2.08. The molecule has 134 valence electrons. The quantitative estimate of drug-likeness (QED) is 0.706. The lowest BCUT2D eigenvalue weighted by Crippen LogP contribution is -2.13. The Balaban J connectivity index is 1.83. The molecular formula is C19H25N3O2S. The monoisotopic (exact) mass is 359 g/mol. The van der Waals surface area contributed by atoms with Crippen LogP contribution in [0.1, 0.15) is 67.4 Å². The highest BCUT2D eigenvalue weighted by molar-refractivity contribution is 7.15. The molecule has 1 amide bonds. The summed E-state index contributed by atoms with van der Waals surface area (Å²) in [7, 11) is 0. The van der Waals surface area contributed by atoms with Gasteiger partial charge in [0.05, 0.1) is 0 Å². The second-order valence-corrected chi connectivity index (χ2v) is 7.88. The van der Waals surface area contributed by atoms with Crippen molar-refractivity contribution in [3.05, 3.63) is 40.4 Å². The van der Waals surface area contributed by atoms with Crippen molar-refractivity contribution >= 4 is 28.2 Å². The van der Waals surface area contributed by atoms with Gasteiger partial charge in [-0.2, -0.15) is 0 Å². The predicted molar refractivity (Wildman–Crippen MR) is 101 cm³/mol. The number of rotatable bonds is 8. The number of ketones is 1. The lowest BCUT2D eigenvalue weighted by molar-refractivity contribution is -0.116. The molecule has 2 aromatic rings. The highest BCUT2D eigenvalue weighted by Gasteiger charge is 2.13. The van der Waals surface area contributed by atoms with Gasteiger partial charge in [-0.25, -0.2) is 0 Å². The molecule has 2 rings (SSSR count). The van der Waals surface area contributed by atoms with E-state index in [1.165, 1.54) is 16.9 Å². The summed E-state index contributed by atoms with van der Waals surface area (Å²) in [6.07, 6.45) is 1.32.